The minimum atomic E-state index is -0.142. The lowest BCUT2D eigenvalue weighted by molar-refractivity contribution is 0.0734. The van der Waals surface area contributed by atoms with Crippen molar-refractivity contribution in [3.05, 3.63) is 47.5 Å². The first-order valence-electron chi connectivity index (χ1n) is 10.9. The van der Waals surface area contributed by atoms with E-state index < -0.39 is 0 Å². The highest BCUT2D eigenvalue weighted by Gasteiger charge is 2.26. The van der Waals surface area contributed by atoms with Gasteiger partial charge in [0.25, 0.3) is 5.91 Å². The fourth-order valence-electron chi connectivity index (χ4n) is 4.12. The molecule has 3 aromatic rings. The lowest BCUT2D eigenvalue weighted by Gasteiger charge is -2.35. The van der Waals surface area contributed by atoms with E-state index in [0.717, 1.165) is 54.5 Å². The third-order valence-corrected chi connectivity index (χ3v) is 5.77. The summed E-state index contributed by atoms with van der Waals surface area (Å²) in [5, 5.41) is 0.922. The number of carbonyl (C=O) groups is 1. The average Bonchev–Trinajstić information content (AvgIpc) is 2.79. The van der Waals surface area contributed by atoms with Crippen LogP contribution in [0.15, 0.2) is 30.5 Å². The summed E-state index contributed by atoms with van der Waals surface area (Å²) in [5.41, 5.74) is 2.55. The molecule has 31 heavy (non-hydrogen) atoms. The van der Waals surface area contributed by atoms with Crippen LogP contribution in [0.1, 0.15) is 35.7 Å². The molecule has 8 nitrogen and oxygen atoms in total. The number of anilines is 2. The molecule has 0 aliphatic carbocycles. The maximum atomic E-state index is 13.3. The van der Waals surface area contributed by atoms with Gasteiger partial charge in [0.1, 0.15) is 11.6 Å². The second-order valence-electron chi connectivity index (χ2n) is 7.79. The van der Waals surface area contributed by atoms with Crippen molar-refractivity contribution in [3.63, 3.8) is 0 Å². The van der Waals surface area contributed by atoms with Gasteiger partial charge in [0.2, 0.25) is 5.82 Å². The van der Waals surface area contributed by atoms with Crippen molar-refractivity contribution in [2.45, 2.75) is 27.7 Å². The maximum Gasteiger partial charge on any atom is 0.291 e. The normalized spacial score (nSPS) is 14.2. The number of hydrogen-bond acceptors (Lipinski definition) is 7. The number of aromatic nitrogens is 4. The number of fused-ring (bicyclic) bond motifs is 1. The van der Waals surface area contributed by atoms with E-state index in [0.29, 0.717) is 18.7 Å². The number of hydrogen-bond donors (Lipinski definition) is 0. The molecule has 0 N–H and O–H groups in total. The first-order valence-corrected chi connectivity index (χ1v) is 10.9. The van der Waals surface area contributed by atoms with Gasteiger partial charge in [0.05, 0.1) is 5.39 Å². The number of piperazine rings is 1. The van der Waals surface area contributed by atoms with Crippen LogP contribution >= 0.6 is 0 Å². The molecule has 0 saturated carbocycles. The second kappa shape index (κ2) is 8.83. The number of aryl methyl sites for hydroxylation is 2. The van der Waals surface area contributed by atoms with Crippen LogP contribution in [-0.2, 0) is 0 Å². The molecule has 0 radical (unpaired) electrons. The van der Waals surface area contributed by atoms with Gasteiger partial charge in [0.15, 0.2) is 5.65 Å². The van der Waals surface area contributed by atoms with Crippen LogP contribution < -0.4 is 9.80 Å². The van der Waals surface area contributed by atoms with E-state index in [-0.39, 0.29) is 11.7 Å². The standard InChI is InChI=1S/C23H29N7O/c1-5-28(6-2)22-19-16(3)15-17(4)25-20(19)26-21(27-22)23(31)30-13-11-29(12-14-30)18-9-7-8-10-24-18/h7-10,15H,5-6,11-14H2,1-4H3. The quantitative estimate of drug-likeness (QED) is 0.629. The number of carbonyl (C=O) groups excluding carboxylic acids is 1. The van der Waals surface area contributed by atoms with E-state index in [4.69, 9.17) is 4.98 Å². The predicted molar refractivity (Wildman–Crippen MR) is 123 cm³/mol. The molecule has 3 aromatic heterocycles. The number of rotatable bonds is 5. The highest BCUT2D eigenvalue weighted by atomic mass is 16.2. The first kappa shape index (κ1) is 21.0. The lowest BCUT2D eigenvalue weighted by Crippen LogP contribution is -2.49. The molecule has 0 atom stereocenters. The van der Waals surface area contributed by atoms with Gasteiger partial charge in [-0.25, -0.2) is 19.9 Å². The van der Waals surface area contributed by atoms with Crippen LogP contribution in [0.4, 0.5) is 11.6 Å². The molecular formula is C23H29N7O. The summed E-state index contributed by atoms with van der Waals surface area (Å²) < 4.78 is 0. The van der Waals surface area contributed by atoms with Gasteiger partial charge < -0.3 is 14.7 Å². The van der Waals surface area contributed by atoms with Crippen LogP contribution in [0.2, 0.25) is 0 Å². The van der Waals surface area contributed by atoms with Crippen LogP contribution in [0.5, 0.6) is 0 Å². The van der Waals surface area contributed by atoms with Crippen molar-refractivity contribution in [3.8, 4) is 0 Å². The highest BCUT2D eigenvalue weighted by Crippen LogP contribution is 2.27. The summed E-state index contributed by atoms with van der Waals surface area (Å²) in [5.74, 6) is 1.81. The summed E-state index contributed by atoms with van der Waals surface area (Å²) in [7, 11) is 0. The molecule has 1 amide bonds. The van der Waals surface area contributed by atoms with Crippen molar-refractivity contribution < 1.29 is 4.79 Å². The third-order valence-electron chi connectivity index (χ3n) is 5.77. The molecule has 8 heteroatoms. The average molecular weight is 420 g/mol. The molecule has 0 unspecified atom stereocenters. The van der Waals surface area contributed by atoms with Gasteiger partial charge in [0, 0.05) is 51.2 Å². The van der Waals surface area contributed by atoms with Crippen molar-refractivity contribution in [1.29, 1.82) is 0 Å². The van der Waals surface area contributed by atoms with Crippen LogP contribution in [0.3, 0.4) is 0 Å². The van der Waals surface area contributed by atoms with Gasteiger partial charge >= 0.3 is 0 Å². The van der Waals surface area contributed by atoms with E-state index in [9.17, 15) is 4.79 Å². The Morgan fingerprint density at radius 3 is 2.42 bits per heavy atom. The zero-order valence-corrected chi connectivity index (χ0v) is 18.7. The van der Waals surface area contributed by atoms with Crippen molar-refractivity contribution >= 4 is 28.6 Å². The lowest BCUT2D eigenvalue weighted by atomic mass is 10.1. The smallest absolute Gasteiger partial charge is 0.291 e. The zero-order valence-electron chi connectivity index (χ0n) is 18.7. The van der Waals surface area contributed by atoms with Gasteiger partial charge in [-0.3, -0.25) is 4.79 Å². The van der Waals surface area contributed by atoms with Gasteiger partial charge in [-0.05, 0) is 51.5 Å². The molecule has 0 aromatic carbocycles. The minimum absolute atomic E-state index is 0.142. The largest absolute Gasteiger partial charge is 0.356 e. The van der Waals surface area contributed by atoms with E-state index in [1.165, 1.54) is 0 Å². The summed E-state index contributed by atoms with van der Waals surface area (Å²) in [6, 6.07) is 7.92. The van der Waals surface area contributed by atoms with Crippen molar-refractivity contribution in [2.75, 3.05) is 49.1 Å². The second-order valence-corrected chi connectivity index (χ2v) is 7.79. The molecule has 4 heterocycles. The number of nitrogens with zero attached hydrogens (tertiary/aromatic N) is 7. The molecule has 0 bridgehead atoms. The topological polar surface area (TPSA) is 78.4 Å². The summed E-state index contributed by atoms with van der Waals surface area (Å²) in [6.45, 7) is 12.5. The fraction of sp³-hybridized carbons (Fsp3) is 0.435. The predicted octanol–water partition coefficient (Wildman–Crippen LogP) is 2.85. The van der Waals surface area contributed by atoms with Gasteiger partial charge in [-0.15, -0.1) is 0 Å². The van der Waals surface area contributed by atoms with E-state index >= 15 is 0 Å². The summed E-state index contributed by atoms with van der Waals surface area (Å²) in [6.07, 6.45) is 1.79. The molecule has 1 fully saturated rings. The molecule has 162 valence electrons. The third kappa shape index (κ3) is 4.15. The minimum Gasteiger partial charge on any atom is -0.356 e. The summed E-state index contributed by atoms with van der Waals surface area (Å²) in [4.78, 5) is 37.9. The van der Waals surface area contributed by atoms with E-state index in [2.05, 4.69) is 38.6 Å². The molecule has 1 aliphatic heterocycles. The SMILES string of the molecule is CCN(CC)c1nc(C(=O)N2CCN(c3ccccn3)CC2)nc2nc(C)cc(C)c12. The number of amides is 1. The van der Waals surface area contributed by atoms with Crippen molar-refractivity contribution in [2.24, 2.45) is 0 Å². The Kier molecular flexibility index (Phi) is 5.97. The Hall–Kier alpha value is -3.29. The Bertz CT molecular complexity index is 1070. The van der Waals surface area contributed by atoms with Crippen LogP contribution in [0, 0.1) is 13.8 Å². The van der Waals surface area contributed by atoms with Crippen LogP contribution in [0.25, 0.3) is 11.0 Å². The monoisotopic (exact) mass is 419 g/mol. The zero-order chi connectivity index (χ0) is 22.0. The van der Waals surface area contributed by atoms with Gasteiger partial charge in [-0.1, -0.05) is 6.07 Å². The first-order chi connectivity index (χ1) is 15.0. The fourth-order valence-corrected chi connectivity index (χ4v) is 4.12. The molecule has 1 aliphatic rings. The Morgan fingerprint density at radius 2 is 1.77 bits per heavy atom. The Balaban J connectivity index is 1.64. The molecule has 0 spiro atoms. The molecular weight excluding hydrogens is 390 g/mol. The van der Waals surface area contributed by atoms with Gasteiger partial charge in [-0.2, -0.15) is 0 Å². The highest BCUT2D eigenvalue weighted by molar-refractivity contribution is 5.97. The van der Waals surface area contributed by atoms with E-state index in [1.807, 2.05) is 43.0 Å². The van der Waals surface area contributed by atoms with E-state index in [1.54, 1.807) is 6.20 Å². The maximum absolute atomic E-state index is 13.3. The van der Waals surface area contributed by atoms with Crippen molar-refractivity contribution in [1.82, 2.24) is 24.8 Å². The molecule has 4 rings (SSSR count). The summed E-state index contributed by atoms with van der Waals surface area (Å²) >= 11 is 0. The Morgan fingerprint density at radius 1 is 1.03 bits per heavy atom. The Labute approximate surface area is 182 Å². The molecule has 1 saturated heterocycles. The van der Waals surface area contributed by atoms with Crippen LogP contribution in [-0.4, -0.2) is 70.0 Å². The number of pyridine rings is 2.